The number of rotatable bonds is 7. The minimum atomic E-state index is -0.292. The predicted octanol–water partition coefficient (Wildman–Crippen LogP) is 4.38. The summed E-state index contributed by atoms with van der Waals surface area (Å²) in [5.41, 5.74) is 3.88. The Morgan fingerprint density at radius 1 is 1.07 bits per heavy atom. The maximum atomic E-state index is 13.3. The number of carbonyl (C=O) groups excluding carboxylic acids is 1. The zero-order valence-corrected chi connectivity index (χ0v) is 17.1. The van der Waals surface area contributed by atoms with Gasteiger partial charge in [0, 0.05) is 37.3 Å². The van der Waals surface area contributed by atoms with E-state index in [1.54, 1.807) is 18.2 Å². The first-order chi connectivity index (χ1) is 14.5. The Balaban J connectivity index is 1.71. The molecule has 0 aliphatic heterocycles. The first-order valence-corrected chi connectivity index (χ1v) is 9.87. The molecule has 0 saturated carbocycles. The van der Waals surface area contributed by atoms with E-state index in [4.69, 9.17) is 4.42 Å². The summed E-state index contributed by atoms with van der Waals surface area (Å²) in [6.07, 6.45) is 0. The number of nitrogens with zero attached hydrogens (tertiary/aromatic N) is 2. The van der Waals surface area contributed by atoms with E-state index in [9.17, 15) is 9.18 Å². The van der Waals surface area contributed by atoms with Crippen molar-refractivity contribution in [2.75, 3.05) is 27.2 Å². The summed E-state index contributed by atoms with van der Waals surface area (Å²) in [6.45, 7) is 1.86. The van der Waals surface area contributed by atoms with E-state index in [-0.39, 0.29) is 11.7 Å². The topological polar surface area (TPSA) is 50.4 Å². The van der Waals surface area contributed by atoms with E-state index in [1.165, 1.54) is 12.1 Å². The summed E-state index contributed by atoms with van der Waals surface area (Å²) in [5, 5.41) is 2.97. The molecule has 2 heterocycles. The van der Waals surface area contributed by atoms with Gasteiger partial charge in [0.1, 0.15) is 17.3 Å². The zero-order valence-electron chi connectivity index (χ0n) is 17.1. The molecular weight excluding hydrogens is 381 g/mol. The van der Waals surface area contributed by atoms with Crippen LogP contribution >= 0.6 is 0 Å². The molecule has 6 heteroatoms. The number of benzene rings is 2. The van der Waals surface area contributed by atoms with E-state index >= 15 is 0 Å². The highest BCUT2D eigenvalue weighted by Gasteiger charge is 2.20. The standard InChI is InChI=1S/C24H24FN3O2/c1-27(2)13-12-26-24(29)21-15-23-20(28(21)16-17-6-4-3-5-7-17)14-22(30-23)18-8-10-19(25)11-9-18/h3-11,14-15H,12-13,16H2,1-2H3,(H,26,29). The molecule has 0 fully saturated rings. The number of amides is 1. The summed E-state index contributed by atoms with van der Waals surface area (Å²) in [7, 11) is 3.93. The third-order valence-electron chi connectivity index (χ3n) is 4.98. The molecule has 0 radical (unpaired) electrons. The first-order valence-electron chi connectivity index (χ1n) is 9.87. The van der Waals surface area contributed by atoms with Gasteiger partial charge < -0.3 is 19.2 Å². The van der Waals surface area contributed by atoms with E-state index < -0.39 is 0 Å². The number of aromatic nitrogens is 1. The van der Waals surface area contributed by atoms with E-state index in [0.717, 1.165) is 23.2 Å². The number of hydrogen-bond donors (Lipinski definition) is 1. The third-order valence-corrected chi connectivity index (χ3v) is 4.98. The van der Waals surface area contributed by atoms with Crippen LogP contribution in [0.2, 0.25) is 0 Å². The van der Waals surface area contributed by atoms with Crippen molar-refractivity contribution >= 4 is 17.0 Å². The Morgan fingerprint density at radius 3 is 2.50 bits per heavy atom. The van der Waals surface area contributed by atoms with Crippen molar-refractivity contribution in [2.24, 2.45) is 0 Å². The van der Waals surface area contributed by atoms with Gasteiger partial charge >= 0.3 is 0 Å². The normalized spacial score (nSPS) is 11.3. The van der Waals surface area contributed by atoms with Crippen molar-refractivity contribution in [3.63, 3.8) is 0 Å². The van der Waals surface area contributed by atoms with E-state index in [0.29, 0.717) is 30.1 Å². The molecule has 4 rings (SSSR count). The lowest BCUT2D eigenvalue weighted by atomic mass is 10.2. The van der Waals surface area contributed by atoms with Crippen LogP contribution in [0.5, 0.6) is 0 Å². The van der Waals surface area contributed by atoms with Crippen LogP contribution in [-0.2, 0) is 6.54 Å². The molecule has 0 unspecified atom stereocenters. The highest BCUT2D eigenvalue weighted by atomic mass is 19.1. The van der Waals surface area contributed by atoms with Gasteiger partial charge in [0.15, 0.2) is 5.58 Å². The maximum Gasteiger partial charge on any atom is 0.268 e. The minimum Gasteiger partial charge on any atom is -0.454 e. The van der Waals surface area contributed by atoms with Crippen molar-refractivity contribution in [2.45, 2.75) is 6.54 Å². The lowest BCUT2D eigenvalue weighted by molar-refractivity contribution is 0.0942. The van der Waals surface area contributed by atoms with Gasteiger partial charge in [-0.2, -0.15) is 0 Å². The van der Waals surface area contributed by atoms with Gasteiger partial charge in [0.05, 0.1) is 5.52 Å². The van der Waals surface area contributed by atoms with Gasteiger partial charge in [-0.1, -0.05) is 30.3 Å². The molecule has 0 saturated heterocycles. The summed E-state index contributed by atoms with van der Waals surface area (Å²) < 4.78 is 21.2. The molecule has 5 nitrogen and oxygen atoms in total. The number of carbonyl (C=O) groups is 1. The number of hydrogen-bond acceptors (Lipinski definition) is 3. The van der Waals surface area contributed by atoms with Crippen LogP contribution in [0, 0.1) is 5.82 Å². The second-order valence-corrected chi connectivity index (χ2v) is 7.53. The van der Waals surface area contributed by atoms with Gasteiger partial charge in [-0.3, -0.25) is 4.79 Å². The molecule has 0 aliphatic rings. The molecule has 1 amide bonds. The summed E-state index contributed by atoms with van der Waals surface area (Å²) in [6, 6.07) is 19.8. The van der Waals surface area contributed by atoms with Gasteiger partial charge in [0.2, 0.25) is 0 Å². The number of furan rings is 1. The minimum absolute atomic E-state index is 0.137. The lowest BCUT2D eigenvalue weighted by Gasteiger charge is -2.13. The largest absolute Gasteiger partial charge is 0.454 e. The summed E-state index contributed by atoms with van der Waals surface area (Å²) >= 11 is 0. The molecule has 0 spiro atoms. The summed E-state index contributed by atoms with van der Waals surface area (Å²) in [5.74, 6) is 0.212. The van der Waals surface area contributed by atoms with Crippen molar-refractivity contribution in [3.8, 4) is 11.3 Å². The SMILES string of the molecule is CN(C)CCNC(=O)c1cc2oc(-c3ccc(F)cc3)cc2n1Cc1ccccc1. The van der Waals surface area contributed by atoms with Crippen molar-refractivity contribution < 1.29 is 13.6 Å². The van der Waals surface area contributed by atoms with Crippen molar-refractivity contribution in [1.82, 2.24) is 14.8 Å². The fourth-order valence-corrected chi connectivity index (χ4v) is 3.41. The Kier molecular flexibility index (Phi) is 5.68. The molecule has 1 N–H and O–H groups in total. The van der Waals surface area contributed by atoms with Gasteiger partial charge in [-0.05, 0) is 43.9 Å². The van der Waals surface area contributed by atoms with Crippen LogP contribution in [0.3, 0.4) is 0 Å². The Hall–Kier alpha value is -3.38. The van der Waals surface area contributed by atoms with Crippen molar-refractivity contribution in [3.05, 3.63) is 83.8 Å². The number of nitrogens with one attached hydrogen (secondary N) is 1. The molecule has 4 aromatic rings. The highest BCUT2D eigenvalue weighted by molar-refractivity contribution is 5.98. The second kappa shape index (κ2) is 8.55. The van der Waals surface area contributed by atoms with Gasteiger partial charge in [0.25, 0.3) is 5.91 Å². The molecule has 0 bridgehead atoms. The lowest BCUT2D eigenvalue weighted by Crippen LogP contribution is -2.32. The predicted molar refractivity (Wildman–Crippen MR) is 116 cm³/mol. The monoisotopic (exact) mass is 405 g/mol. The number of fused-ring (bicyclic) bond motifs is 1. The molecule has 0 aliphatic carbocycles. The van der Waals surface area contributed by atoms with Crippen molar-refractivity contribution in [1.29, 1.82) is 0 Å². The van der Waals surface area contributed by atoms with Crippen LogP contribution in [0.4, 0.5) is 4.39 Å². The third kappa shape index (κ3) is 4.28. The smallest absolute Gasteiger partial charge is 0.268 e. The Labute approximate surface area is 174 Å². The Morgan fingerprint density at radius 2 is 1.80 bits per heavy atom. The maximum absolute atomic E-state index is 13.3. The van der Waals surface area contributed by atoms with E-state index in [2.05, 4.69) is 5.32 Å². The molecular formula is C24H24FN3O2. The van der Waals surface area contributed by atoms with Crippen LogP contribution in [-0.4, -0.2) is 42.6 Å². The average molecular weight is 405 g/mol. The molecule has 154 valence electrons. The molecule has 30 heavy (non-hydrogen) atoms. The van der Waals surface area contributed by atoms with Gasteiger partial charge in [-0.15, -0.1) is 0 Å². The van der Waals surface area contributed by atoms with Crippen LogP contribution in [0.15, 0.2) is 71.1 Å². The second-order valence-electron chi connectivity index (χ2n) is 7.53. The molecule has 2 aromatic carbocycles. The Bertz CT molecular complexity index is 1140. The van der Waals surface area contributed by atoms with Crippen LogP contribution in [0.25, 0.3) is 22.4 Å². The van der Waals surface area contributed by atoms with Gasteiger partial charge in [-0.25, -0.2) is 4.39 Å². The number of halogens is 1. The van der Waals surface area contributed by atoms with E-state index in [1.807, 2.05) is 60.0 Å². The van der Waals surface area contributed by atoms with Crippen LogP contribution in [0.1, 0.15) is 16.1 Å². The molecule has 2 aromatic heterocycles. The summed E-state index contributed by atoms with van der Waals surface area (Å²) in [4.78, 5) is 14.9. The zero-order chi connectivity index (χ0) is 21.1. The average Bonchev–Trinajstić information content (AvgIpc) is 3.28. The fourth-order valence-electron chi connectivity index (χ4n) is 3.41. The number of likely N-dealkylation sites (N-methyl/N-ethyl adjacent to an activating group) is 1. The first kappa shape index (κ1) is 19.9. The van der Waals surface area contributed by atoms with Crippen LogP contribution < -0.4 is 5.32 Å². The fraction of sp³-hybridized carbons (Fsp3) is 0.208. The highest BCUT2D eigenvalue weighted by Crippen LogP contribution is 2.31. The quantitative estimate of drug-likeness (QED) is 0.496. The molecule has 0 atom stereocenters.